The maximum atomic E-state index is 13.5. The van der Waals surface area contributed by atoms with Crippen molar-refractivity contribution in [1.29, 1.82) is 0 Å². The fraction of sp³-hybridized carbons (Fsp3) is 0.143. The van der Waals surface area contributed by atoms with Gasteiger partial charge in [-0.1, -0.05) is 52.4 Å². The molecule has 24 nitrogen and oxygen atoms in total. The Morgan fingerprint density at radius 3 is 1.54 bits per heavy atom. The smallest absolute Gasteiger partial charge is 0.145 e. The molecule has 0 saturated heterocycles. The first-order valence-electron chi connectivity index (χ1n) is 27.3. The highest BCUT2D eigenvalue weighted by Gasteiger charge is 2.15. The number of aryl methyl sites for hydroxylation is 1. The number of nitrogens with zero attached hydrogens (tertiary/aromatic N) is 14. The van der Waals surface area contributed by atoms with Gasteiger partial charge in [-0.2, -0.15) is 10.2 Å². The Morgan fingerprint density at radius 1 is 0.584 bits per heavy atom. The molecule has 0 aliphatic carbocycles. The summed E-state index contributed by atoms with van der Waals surface area (Å²) in [5.74, 6) is 3.27. The second kappa shape index (κ2) is 29.2. The number of ether oxygens (including phenoxy) is 1. The number of nitrogens with one attached hydrogen (secondary N) is 3. The number of benzene rings is 5. The molecule has 9 N–H and O–H groups in total. The van der Waals surface area contributed by atoms with Crippen molar-refractivity contribution in [3.05, 3.63) is 217 Å². The van der Waals surface area contributed by atoms with E-state index >= 15 is 0 Å². The number of nitrogens with two attached hydrogens (primary N) is 3. The Bertz CT molecular complexity index is 4310. The molecule has 0 aliphatic rings. The third kappa shape index (κ3) is 17.1. The Kier molecular flexibility index (Phi) is 20.2. The maximum absolute atomic E-state index is 13.5. The Morgan fingerprint density at radius 2 is 1.08 bits per heavy atom. The fourth-order valence-electron chi connectivity index (χ4n) is 8.42. The van der Waals surface area contributed by atoms with Crippen molar-refractivity contribution in [3.63, 3.8) is 0 Å². The van der Waals surface area contributed by atoms with Crippen molar-refractivity contribution < 1.29 is 28.0 Å². The van der Waals surface area contributed by atoms with E-state index in [1.165, 1.54) is 69.0 Å². The molecule has 0 spiro atoms. The van der Waals surface area contributed by atoms with E-state index in [4.69, 9.17) is 36.5 Å². The molecule has 6 heterocycles. The van der Waals surface area contributed by atoms with Crippen molar-refractivity contribution in [2.24, 2.45) is 15.5 Å². The van der Waals surface area contributed by atoms with Crippen molar-refractivity contribution in [2.45, 2.75) is 46.4 Å². The molecule has 11 aromatic rings. The normalized spacial score (nSPS) is 11.3. The molecule has 0 amide bonds. The van der Waals surface area contributed by atoms with Crippen LogP contribution in [0.1, 0.15) is 54.2 Å². The third-order valence-corrected chi connectivity index (χ3v) is 12.5. The van der Waals surface area contributed by atoms with Gasteiger partial charge in [-0.25, -0.2) is 38.7 Å². The zero-order valence-electron chi connectivity index (χ0n) is 49.0. The number of oxime groups is 3. The highest BCUT2D eigenvalue weighted by molar-refractivity contribution is 5.95. The van der Waals surface area contributed by atoms with Crippen LogP contribution in [-0.2, 0) is 27.6 Å². The van der Waals surface area contributed by atoms with Gasteiger partial charge in [0.1, 0.15) is 96.3 Å². The molecular formula is C63H62F2N20O4. The van der Waals surface area contributed by atoms with Crippen molar-refractivity contribution in [1.82, 2.24) is 54.4 Å². The summed E-state index contributed by atoms with van der Waals surface area (Å²) < 4.78 is 36.5. The molecule has 11 rings (SSSR count). The summed E-state index contributed by atoms with van der Waals surface area (Å²) in [4.78, 5) is 44.0. The molecule has 0 fully saturated rings. The first-order valence-corrected chi connectivity index (χ1v) is 27.3. The largest absolute Gasteiger partial charge is 0.455 e. The number of rotatable bonds is 20. The van der Waals surface area contributed by atoms with Gasteiger partial charge in [0.15, 0.2) is 0 Å². The van der Waals surface area contributed by atoms with Crippen molar-refractivity contribution in [3.8, 4) is 11.5 Å². The predicted molar refractivity (Wildman–Crippen MR) is 342 cm³/mol. The number of nitrogen functional groups attached to an aromatic ring is 3. The summed E-state index contributed by atoms with van der Waals surface area (Å²) in [6.45, 7) is 12.5. The van der Waals surface area contributed by atoms with Crippen LogP contribution in [-0.4, -0.2) is 92.4 Å². The van der Waals surface area contributed by atoms with E-state index in [1.54, 1.807) is 43.0 Å². The van der Waals surface area contributed by atoms with Crippen LogP contribution >= 0.6 is 0 Å². The molecule has 0 atom stereocenters. The van der Waals surface area contributed by atoms with Crippen LogP contribution in [0.2, 0.25) is 0 Å². The second-order valence-corrected chi connectivity index (χ2v) is 20.3. The van der Waals surface area contributed by atoms with E-state index in [0.29, 0.717) is 58.8 Å². The van der Waals surface area contributed by atoms with E-state index in [-0.39, 0.29) is 29.9 Å². The van der Waals surface area contributed by atoms with Crippen LogP contribution in [0.25, 0.3) is 21.8 Å². The molecule has 5 aromatic carbocycles. The topological polar surface area (TPSA) is 314 Å². The zero-order valence-corrected chi connectivity index (χ0v) is 49.0. The predicted octanol–water partition coefficient (Wildman–Crippen LogP) is 11.6. The number of fused-ring (bicyclic) bond motifs is 2. The van der Waals surface area contributed by atoms with Gasteiger partial charge in [-0.05, 0) is 135 Å². The Hall–Kier alpha value is -12.0. The van der Waals surface area contributed by atoms with Crippen LogP contribution in [0, 0.1) is 18.6 Å². The van der Waals surface area contributed by atoms with E-state index in [9.17, 15) is 8.78 Å². The Balaban J connectivity index is 0.000000160. The van der Waals surface area contributed by atoms with Crippen LogP contribution in [0.4, 0.5) is 60.8 Å². The summed E-state index contributed by atoms with van der Waals surface area (Å²) in [5, 5.41) is 32.0. The van der Waals surface area contributed by atoms with E-state index in [0.717, 1.165) is 61.3 Å². The van der Waals surface area contributed by atoms with Crippen LogP contribution in [0.5, 0.6) is 11.5 Å². The average Bonchev–Trinajstić information content (AvgIpc) is 2.17. The van der Waals surface area contributed by atoms with Gasteiger partial charge < -0.3 is 52.4 Å². The van der Waals surface area contributed by atoms with Gasteiger partial charge in [0.2, 0.25) is 0 Å². The molecule has 0 aliphatic heterocycles. The van der Waals surface area contributed by atoms with E-state index < -0.39 is 5.60 Å². The Labute approximate surface area is 509 Å². The molecule has 0 saturated carbocycles. The van der Waals surface area contributed by atoms with Gasteiger partial charge in [0, 0.05) is 34.0 Å². The molecule has 0 radical (unpaired) electrons. The lowest BCUT2D eigenvalue weighted by molar-refractivity contribution is 0.00199. The van der Waals surface area contributed by atoms with Crippen LogP contribution < -0.4 is 37.9 Å². The van der Waals surface area contributed by atoms with Gasteiger partial charge in [0.25, 0.3) is 0 Å². The highest BCUT2D eigenvalue weighted by Crippen LogP contribution is 2.31. The average molecular weight is 1200 g/mol. The monoisotopic (exact) mass is 1200 g/mol. The SMILES string of the molecule is C=CCO/N=C/c1c(N)ncnc1Nc1ccc2c(cnn2Cc2cccc(F)c2)c1.CC(C)(C)O/N=C/c1c(N)ncnc1Nc1ccc2c(cnn2Cc2cccc(F)c2)c1.CO/N=C/c1c(N)ncnc1Nc1ccc(Oc2cccnc2)c(C)c1. The summed E-state index contributed by atoms with van der Waals surface area (Å²) in [6.07, 6.45) is 17.0. The third-order valence-electron chi connectivity index (χ3n) is 12.5. The first kappa shape index (κ1) is 61.6. The quantitative estimate of drug-likeness (QED) is 0.0179. The molecule has 26 heteroatoms. The second-order valence-electron chi connectivity index (χ2n) is 20.3. The molecule has 89 heavy (non-hydrogen) atoms. The lowest BCUT2D eigenvalue weighted by Crippen LogP contribution is -2.15. The standard InChI is InChI=1S/C23H24FN7O.C22H20FN7O.C18H18N6O2/c1-23(2,3)32-29-12-19-21(25)26-14-27-22(19)30-18-7-8-20-16(10-18)11-28-31(20)13-15-5-4-6-17(24)9-15;1-2-8-31-28-12-19-21(24)25-14-26-22(19)29-18-6-7-20-16(10-18)11-27-30(20)13-15-4-3-5-17(23)9-15;1-12-8-13(5-6-16(12)26-14-4-3-7-20-9-14)24-18-15(10-23-25-2)17(19)21-11-22-18/h4-12,14H,13H2,1-3H3,(H3,25,26,27,30);2-7,9-12,14H,1,8,13H2,(H3,24,25,26,29);3-11H,1-2H3,(H3,19,21,22,24)/b29-12+;28-12+;23-10+. The van der Waals surface area contributed by atoms with Gasteiger partial charge in [0.05, 0.1) is 78.0 Å². The van der Waals surface area contributed by atoms with Gasteiger partial charge >= 0.3 is 0 Å². The number of pyridine rings is 1. The van der Waals surface area contributed by atoms with Crippen molar-refractivity contribution in [2.75, 3.05) is 46.9 Å². The van der Waals surface area contributed by atoms with Crippen LogP contribution in [0.3, 0.4) is 0 Å². The molecular weight excluding hydrogens is 1140 g/mol. The summed E-state index contributed by atoms with van der Waals surface area (Å²) in [6, 6.07) is 34.0. The minimum atomic E-state index is -0.425. The lowest BCUT2D eigenvalue weighted by atomic mass is 10.2. The molecule has 452 valence electrons. The number of hydrogen-bond donors (Lipinski definition) is 6. The van der Waals surface area contributed by atoms with E-state index in [2.05, 4.69) is 83.1 Å². The van der Waals surface area contributed by atoms with Gasteiger partial charge in [-0.15, -0.1) is 0 Å². The first-order chi connectivity index (χ1) is 43.1. The zero-order chi connectivity index (χ0) is 62.7. The number of aromatic nitrogens is 11. The number of anilines is 9. The van der Waals surface area contributed by atoms with E-state index in [1.807, 2.05) is 116 Å². The number of halogens is 2. The lowest BCUT2D eigenvalue weighted by Gasteiger charge is -2.15. The molecule has 0 bridgehead atoms. The molecule has 0 unspecified atom stereocenters. The van der Waals surface area contributed by atoms with Crippen molar-refractivity contribution >= 4 is 92.4 Å². The minimum absolute atomic E-state index is 0.262. The summed E-state index contributed by atoms with van der Waals surface area (Å²) in [5.41, 5.74) is 25.9. The maximum Gasteiger partial charge on any atom is 0.145 e. The molecule has 6 aromatic heterocycles. The van der Waals surface area contributed by atoms with Gasteiger partial charge in [-0.3, -0.25) is 14.3 Å². The van der Waals surface area contributed by atoms with Crippen LogP contribution in [0.15, 0.2) is 187 Å². The highest BCUT2D eigenvalue weighted by atomic mass is 19.1. The number of hydrogen-bond acceptors (Lipinski definition) is 22. The summed E-state index contributed by atoms with van der Waals surface area (Å²) >= 11 is 0. The summed E-state index contributed by atoms with van der Waals surface area (Å²) in [7, 11) is 1.45. The minimum Gasteiger partial charge on any atom is -0.455 e. The fourth-order valence-corrected chi connectivity index (χ4v) is 8.42.